The molecule has 4 nitrogen and oxygen atoms in total. The van der Waals surface area contributed by atoms with Gasteiger partial charge in [0, 0.05) is 16.5 Å². The molecule has 0 aliphatic heterocycles. The van der Waals surface area contributed by atoms with E-state index in [9.17, 15) is 0 Å². The maximum Gasteiger partial charge on any atom is 0.227 e. The van der Waals surface area contributed by atoms with Gasteiger partial charge in [-0.3, -0.25) is 4.57 Å². The van der Waals surface area contributed by atoms with E-state index in [1.165, 1.54) is 5.56 Å². The van der Waals surface area contributed by atoms with Gasteiger partial charge in [-0.05, 0) is 61.2 Å². The van der Waals surface area contributed by atoms with E-state index in [0.29, 0.717) is 11.6 Å². The summed E-state index contributed by atoms with van der Waals surface area (Å²) in [5.74, 6) is 1.42. The van der Waals surface area contributed by atoms with Gasteiger partial charge in [0.1, 0.15) is 11.4 Å². The van der Waals surface area contributed by atoms with E-state index >= 15 is 0 Å². The zero-order valence-electron chi connectivity index (χ0n) is 19.0. The van der Waals surface area contributed by atoms with Gasteiger partial charge in [0.05, 0.1) is 22.3 Å². The molecule has 0 radical (unpaired) electrons. The lowest BCUT2D eigenvalue weighted by Gasteiger charge is -2.12. The van der Waals surface area contributed by atoms with Crippen molar-refractivity contribution in [1.82, 2.24) is 14.5 Å². The second kappa shape index (κ2) is 7.59. The van der Waals surface area contributed by atoms with E-state index in [2.05, 4.69) is 98.1 Å². The number of para-hydroxylation sites is 4. The Morgan fingerprint density at radius 1 is 0.818 bits per heavy atom. The highest BCUT2D eigenvalue weighted by atomic mass is 16.3. The Morgan fingerprint density at radius 2 is 1.64 bits per heavy atom. The monoisotopic (exact) mass is 431 g/mol. The van der Waals surface area contributed by atoms with Crippen molar-refractivity contribution in [2.75, 3.05) is 0 Å². The number of pyridine rings is 1. The molecule has 0 aliphatic rings. The topological polar surface area (TPSA) is 43.9 Å². The van der Waals surface area contributed by atoms with E-state index in [4.69, 9.17) is 14.4 Å². The highest BCUT2D eigenvalue weighted by Crippen LogP contribution is 2.37. The number of nitrogens with zero attached hydrogens (tertiary/aromatic N) is 3. The molecule has 0 atom stereocenters. The van der Waals surface area contributed by atoms with Gasteiger partial charge in [-0.25, -0.2) is 9.97 Å². The molecule has 3 aromatic heterocycles. The van der Waals surface area contributed by atoms with Crippen LogP contribution in [0.5, 0.6) is 0 Å². The Bertz CT molecular complexity index is 1640. The summed E-state index contributed by atoms with van der Waals surface area (Å²) in [5, 5.41) is 2.10. The van der Waals surface area contributed by atoms with Crippen LogP contribution in [-0.4, -0.2) is 14.5 Å². The zero-order valence-corrected chi connectivity index (χ0v) is 19.0. The smallest absolute Gasteiger partial charge is 0.227 e. The molecule has 162 valence electrons. The molecular weight excluding hydrogens is 406 g/mol. The molecular formula is C29H25N3O. The summed E-state index contributed by atoms with van der Waals surface area (Å²) >= 11 is 0. The van der Waals surface area contributed by atoms with Crippen LogP contribution in [0, 0.1) is 12.8 Å². The van der Waals surface area contributed by atoms with Crippen molar-refractivity contribution in [1.29, 1.82) is 0 Å². The van der Waals surface area contributed by atoms with Crippen molar-refractivity contribution in [2.45, 2.75) is 27.2 Å². The fourth-order valence-corrected chi connectivity index (χ4v) is 4.69. The summed E-state index contributed by atoms with van der Waals surface area (Å²) < 4.78 is 8.65. The van der Waals surface area contributed by atoms with Gasteiger partial charge in [-0.1, -0.05) is 56.3 Å². The van der Waals surface area contributed by atoms with Crippen LogP contribution in [0.2, 0.25) is 0 Å². The lowest BCUT2D eigenvalue weighted by atomic mass is 10.1. The molecule has 0 amide bonds. The fraction of sp³-hybridized carbons (Fsp3) is 0.172. The summed E-state index contributed by atoms with van der Waals surface area (Å²) in [6.45, 7) is 6.55. The Hall–Kier alpha value is -3.92. The fourth-order valence-electron chi connectivity index (χ4n) is 4.69. The normalized spacial score (nSPS) is 11.9. The Balaban J connectivity index is 1.65. The molecule has 6 aromatic rings. The van der Waals surface area contributed by atoms with Crippen molar-refractivity contribution in [3.05, 3.63) is 90.1 Å². The quantitative estimate of drug-likeness (QED) is 0.290. The lowest BCUT2D eigenvalue weighted by molar-refractivity contribution is 0.621. The van der Waals surface area contributed by atoms with Crippen molar-refractivity contribution in [3.8, 4) is 17.1 Å². The summed E-state index contributed by atoms with van der Waals surface area (Å²) in [6.07, 6.45) is 0.933. The summed E-state index contributed by atoms with van der Waals surface area (Å²) in [4.78, 5) is 9.89. The van der Waals surface area contributed by atoms with Crippen molar-refractivity contribution in [3.63, 3.8) is 0 Å². The lowest BCUT2D eigenvalue weighted by Crippen LogP contribution is -2.00. The predicted octanol–water partition coefficient (Wildman–Crippen LogP) is 7.49. The van der Waals surface area contributed by atoms with Crippen molar-refractivity contribution < 1.29 is 4.42 Å². The van der Waals surface area contributed by atoms with Crippen LogP contribution in [0.15, 0.2) is 83.3 Å². The van der Waals surface area contributed by atoms with Gasteiger partial charge < -0.3 is 4.42 Å². The van der Waals surface area contributed by atoms with Crippen molar-refractivity contribution in [2.24, 2.45) is 5.92 Å². The second-order valence-electron chi connectivity index (χ2n) is 9.08. The van der Waals surface area contributed by atoms with Crippen LogP contribution in [-0.2, 0) is 6.42 Å². The summed E-state index contributed by atoms with van der Waals surface area (Å²) in [5.41, 5.74) is 7.89. The Kier molecular flexibility index (Phi) is 4.54. The van der Waals surface area contributed by atoms with Gasteiger partial charge in [0.2, 0.25) is 5.71 Å². The first-order valence-electron chi connectivity index (χ1n) is 11.4. The molecule has 0 saturated carbocycles. The van der Waals surface area contributed by atoms with Crippen molar-refractivity contribution >= 4 is 33.1 Å². The third-order valence-corrected chi connectivity index (χ3v) is 6.20. The first-order chi connectivity index (χ1) is 16.1. The number of rotatable bonds is 4. The van der Waals surface area contributed by atoms with Gasteiger partial charge in [0.25, 0.3) is 0 Å². The van der Waals surface area contributed by atoms with Gasteiger partial charge in [-0.15, -0.1) is 0 Å². The second-order valence-corrected chi connectivity index (χ2v) is 9.08. The molecule has 6 rings (SSSR count). The number of fused-ring (bicyclic) bond motifs is 4. The van der Waals surface area contributed by atoms with Crippen LogP contribution >= 0.6 is 0 Å². The third kappa shape index (κ3) is 3.21. The summed E-state index contributed by atoms with van der Waals surface area (Å²) in [6, 6.07) is 27.2. The largest absolute Gasteiger partial charge is 0.437 e. The van der Waals surface area contributed by atoms with Gasteiger partial charge in [-0.2, -0.15) is 0 Å². The molecule has 0 spiro atoms. The first-order valence-corrected chi connectivity index (χ1v) is 11.4. The Labute approximate surface area is 192 Å². The predicted molar refractivity (Wildman–Crippen MR) is 135 cm³/mol. The van der Waals surface area contributed by atoms with Crippen LogP contribution in [0.25, 0.3) is 50.2 Å². The number of aryl methyl sites for hydroxylation is 1. The maximum absolute atomic E-state index is 6.41. The number of hydrogen-bond acceptors (Lipinski definition) is 3. The highest BCUT2D eigenvalue weighted by Gasteiger charge is 2.20. The minimum Gasteiger partial charge on any atom is -0.437 e. The average Bonchev–Trinajstić information content (AvgIpc) is 3.37. The van der Waals surface area contributed by atoms with Gasteiger partial charge in [0.15, 0.2) is 0 Å². The zero-order chi connectivity index (χ0) is 22.5. The minimum absolute atomic E-state index is 0.545. The van der Waals surface area contributed by atoms with Crippen LogP contribution in [0.1, 0.15) is 25.1 Å². The van der Waals surface area contributed by atoms with E-state index in [1.54, 1.807) is 0 Å². The van der Waals surface area contributed by atoms with E-state index in [1.807, 2.05) is 6.07 Å². The summed E-state index contributed by atoms with van der Waals surface area (Å²) in [7, 11) is 0. The van der Waals surface area contributed by atoms with Crippen LogP contribution in [0.3, 0.4) is 0 Å². The molecule has 4 heteroatoms. The standard InChI is InChI=1S/C29H25N3O/c1-18(2)17-20-15-16-22-21-10-8-11-23(27(21)33-29(22)30-20)28-31-24-12-5-7-14-26(24)32(28)25-13-6-4-9-19(25)3/h4-16,18H,17H2,1-3H3. The number of furan rings is 1. The van der Waals surface area contributed by atoms with Crippen LogP contribution in [0.4, 0.5) is 0 Å². The number of aromatic nitrogens is 3. The van der Waals surface area contributed by atoms with Crippen LogP contribution < -0.4 is 0 Å². The number of benzene rings is 3. The molecule has 0 unspecified atom stereocenters. The van der Waals surface area contributed by atoms with Gasteiger partial charge >= 0.3 is 0 Å². The van der Waals surface area contributed by atoms with E-state index in [0.717, 1.165) is 56.6 Å². The molecule has 3 heterocycles. The SMILES string of the molecule is Cc1ccccc1-n1c(-c2cccc3c2oc2nc(CC(C)C)ccc23)nc2ccccc21. The molecule has 0 N–H and O–H groups in total. The minimum atomic E-state index is 0.545. The maximum atomic E-state index is 6.41. The molecule has 3 aromatic carbocycles. The molecule has 0 bridgehead atoms. The number of hydrogen-bond donors (Lipinski definition) is 0. The molecule has 0 saturated heterocycles. The first kappa shape index (κ1) is 19.7. The van der Waals surface area contributed by atoms with E-state index in [-0.39, 0.29) is 0 Å². The molecule has 33 heavy (non-hydrogen) atoms. The average molecular weight is 432 g/mol. The number of imidazole rings is 1. The molecule has 0 aliphatic carbocycles. The third-order valence-electron chi connectivity index (χ3n) is 6.20. The van der Waals surface area contributed by atoms with E-state index < -0.39 is 0 Å². The highest BCUT2D eigenvalue weighted by molar-refractivity contribution is 6.08. The molecule has 0 fully saturated rings. The Morgan fingerprint density at radius 3 is 2.48 bits per heavy atom.